The Hall–Kier alpha value is -1.00. The van der Waals surface area contributed by atoms with Crippen LogP contribution in [0.4, 0.5) is 8.78 Å². The third-order valence-corrected chi connectivity index (χ3v) is 2.07. The zero-order valence-electron chi connectivity index (χ0n) is 7.89. The second-order valence-electron chi connectivity index (χ2n) is 3.08. The molecule has 2 nitrogen and oxygen atoms in total. The van der Waals surface area contributed by atoms with E-state index in [1.165, 1.54) is 12.1 Å². The van der Waals surface area contributed by atoms with Gasteiger partial charge in [0.25, 0.3) is 0 Å². The van der Waals surface area contributed by atoms with E-state index in [9.17, 15) is 8.78 Å². The first kappa shape index (κ1) is 11.1. The van der Waals surface area contributed by atoms with E-state index < -0.39 is 11.6 Å². The highest BCUT2D eigenvalue weighted by atomic mass is 19.1. The van der Waals surface area contributed by atoms with Crippen molar-refractivity contribution in [1.82, 2.24) is 0 Å². The van der Waals surface area contributed by atoms with E-state index in [0.29, 0.717) is 18.5 Å². The van der Waals surface area contributed by atoms with Crippen molar-refractivity contribution in [2.24, 2.45) is 11.5 Å². The SMILES string of the molecule is NCCc1ccc(F)c(CCN)c1F. The molecular weight excluding hydrogens is 186 g/mol. The number of hydrogen-bond donors (Lipinski definition) is 2. The standard InChI is InChI=1S/C10H14F2N2/c11-9-2-1-7(3-5-13)10(12)8(9)4-6-14/h1-2H,3-6,13-14H2. The highest BCUT2D eigenvalue weighted by Gasteiger charge is 2.11. The molecule has 0 aliphatic carbocycles. The van der Waals surface area contributed by atoms with Gasteiger partial charge in [0, 0.05) is 5.56 Å². The summed E-state index contributed by atoms with van der Waals surface area (Å²) in [7, 11) is 0. The zero-order chi connectivity index (χ0) is 10.6. The van der Waals surface area contributed by atoms with Crippen LogP contribution in [0.3, 0.4) is 0 Å². The first-order chi connectivity index (χ1) is 6.70. The van der Waals surface area contributed by atoms with Crippen molar-refractivity contribution in [3.8, 4) is 0 Å². The minimum absolute atomic E-state index is 0.0680. The van der Waals surface area contributed by atoms with Gasteiger partial charge in [-0.1, -0.05) is 6.07 Å². The fourth-order valence-electron chi connectivity index (χ4n) is 1.37. The molecule has 0 aliphatic heterocycles. The lowest BCUT2D eigenvalue weighted by Crippen LogP contribution is -2.10. The van der Waals surface area contributed by atoms with Gasteiger partial charge in [0.05, 0.1) is 0 Å². The molecule has 4 N–H and O–H groups in total. The van der Waals surface area contributed by atoms with Crippen LogP contribution in [0.5, 0.6) is 0 Å². The van der Waals surface area contributed by atoms with Gasteiger partial charge in [-0.3, -0.25) is 0 Å². The second kappa shape index (κ2) is 5.02. The Morgan fingerprint density at radius 1 is 1.00 bits per heavy atom. The van der Waals surface area contributed by atoms with Crippen LogP contribution in [0.15, 0.2) is 12.1 Å². The molecule has 0 saturated carbocycles. The number of benzene rings is 1. The summed E-state index contributed by atoms with van der Waals surface area (Å²) in [4.78, 5) is 0. The summed E-state index contributed by atoms with van der Waals surface area (Å²) in [6.45, 7) is 0.588. The van der Waals surface area contributed by atoms with Crippen molar-refractivity contribution in [1.29, 1.82) is 0 Å². The molecule has 0 heterocycles. The maximum absolute atomic E-state index is 13.6. The molecule has 78 valence electrons. The highest BCUT2D eigenvalue weighted by Crippen LogP contribution is 2.17. The number of halogens is 2. The molecule has 0 spiro atoms. The minimum Gasteiger partial charge on any atom is -0.330 e. The molecule has 1 rings (SSSR count). The monoisotopic (exact) mass is 200 g/mol. The van der Waals surface area contributed by atoms with Crippen LogP contribution in [0.25, 0.3) is 0 Å². The fraction of sp³-hybridized carbons (Fsp3) is 0.400. The first-order valence-corrected chi connectivity index (χ1v) is 4.56. The molecule has 0 aromatic heterocycles. The molecule has 0 radical (unpaired) electrons. The molecular formula is C10H14F2N2. The van der Waals surface area contributed by atoms with Crippen molar-refractivity contribution < 1.29 is 8.78 Å². The number of rotatable bonds is 4. The third-order valence-electron chi connectivity index (χ3n) is 2.07. The first-order valence-electron chi connectivity index (χ1n) is 4.56. The lowest BCUT2D eigenvalue weighted by molar-refractivity contribution is 0.545. The van der Waals surface area contributed by atoms with Crippen LogP contribution in [-0.4, -0.2) is 13.1 Å². The van der Waals surface area contributed by atoms with Crippen molar-refractivity contribution in [3.05, 3.63) is 34.9 Å². The summed E-state index contributed by atoms with van der Waals surface area (Å²) < 4.78 is 26.7. The Balaban J connectivity index is 3.05. The van der Waals surface area contributed by atoms with E-state index in [2.05, 4.69) is 0 Å². The third kappa shape index (κ3) is 2.27. The van der Waals surface area contributed by atoms with E-state index in [1.807, 2.05) is 0 Å². The van der Waals surface area contributed by atoms with E-state index in [0.717, 1.165) is 0 Å². The average molecular weight is 200 g/mol. The van der Waals surface area contributed by atoms with Crippen molar-refractivity contribution >= 4 is 0 Å². The molecule has 14 heavy (non-hydrogen) atoms. The Labute approximate surface area is 81.9 Å². The van der Waals surface area contributed by atoms with Gasteiger partial charge in [-0.2, -0.15) is 0 Å². The molecule has 0 bridgehead atoms. The molecule has 0 saturated heterocycles. The van der Waals surface area contributed by atoms with E-state index >= 15 is 0 Å². The summed E-state index contributed by atoms with van der Waals surface area (Å²) in [5, 5.41) is 0. The van der Waals surface area contributed by atoms with Crippen LogP contribution >= 0.6 is 0 Å². The Bertz CT molecular complexity index is 313. The van der Waals surface area contributed by atoms with Crippen molar-refractivity contribution in [2.45, 2.75) is 12.8 Å². The predicted molar refractivity (Wildman–Crippen MR) is 51.9 cm³/mol. The molecule has 1 aromatic carbocycles. The fourth-order valence-corrected chi connectivity index (χ4v) is 1.37. The summed E-state index contributed by atoms with van der Waals surface area (Å²) in [6.07, 6.45) is 0.639. The maximum Gasteiger partial charge on any atom is 0.132 e. The maximum atomic E-state index is 13.6. The molecule has 0 aliphatic rings. The van der Waals surface area contributed by atoms with Crippen LogP contribution < -0.4 is 11.5 Å². The smallest absolute Gasteiger partial charge is 0.132 e. The van der Waals surface area contributed by atoms with Crippen LogP contribution in [-0.2, 0) is 12.8 Å². The normalized spacial score (nSPS) is 10.6. The van der Waals surface area contributed by atoms with Gasteiger partial charge in [0.2, 0.25) is 0 Å². The van der Waals surface area contributed by atoms with Crippen molar-refractivity contribution in [3.63, 3.8) is 0 Å². The number of hydrogen-bond acceptors (Lipinski definition) is 2. The summed E-state index contributed by atoms with van der Waals surface area (Å²) in [5.74, 6) is -1.03. The zero-order valence-corrected chi connectivity index (χ0v) is 7.89. The van der Waals surface area contributed by atoms with Crippen LogP contribution in [0.2, 0.25) is 0 Å². The van der Waals surface area contributed by atoms with Crippen LogP contribution in [0, 0.1) is 11.6 Å². The molecule has 0 fully saturated rings. The Kier molecular flexibility index (Phi) is 3.98. The van der Waals surface area contributed by atoms with Gasteiger partial charge in [-0.05, 0) is 37.6 Å². The summed E-state index contributed by atoms with van der Waals surface area (Å²) in [5.41, 5.74) is 11.1. The van der Waals surface area contributed by atoms with Gasteiger partial charge in [-0.25, -0.2) is 8.78 Å². The van der Waals surface area contributed by atoms with E-state index in [-0.39, 0.29) is 18.5 Å². The number of nitrogens with two attached hydrogens (primary N) is 2. The average Bonchev–Trinajstić information content (AvgIpc) is 2.17. The largest absolute Gasteiger partial charge is 0.330 e. The Morgan fingerprint density at radius 3 is 2.21 bits per heavy atom. The minimum atomic E-state index is -0.534. The highest BCUT2D eigenvalue weighted by molar-refractivity contribution is 5.28. The Morgan fingerprint density at radius 2 is 1.64 bits per heavy atom. The van der Waals surface area contributed by atoms with Gasteiger partial charge in [0.1, 0.15) is 11.6 Å². The molecule has 0 amide bonds. The molecule has 4 heteroatoms. The van der Waals surface area contributed by atoms with Gasteiger partial charge >= 0.3 is 0 Å². The molecule has 1 aromatic rings. The second-order valence-corrected chi connectivity index (χ2v) is 3.08. The lowest BCUT2D eigenvalue weighted by Gasteiger charge is -2.07. The summed E-state index contributed by atoms with van der Waals surface area (Å²) in [6, 6.07) is 2.69. The molecule has 0 unspecified atom stereocenters. The van der Waals surface area contributed by atoms with Crippen molar-refractivity contribution in [2.75, 3.05) is 13.1 Å². The lowest BCUT2D eigenvalue weighted by atomic mass is 10.0. The van der Waals surface area contributed by atoms with E-state index in [4.69, 9.17) is 11.5 Å². The summed E-state index contributed by atoms with van der Waals surface area (Å²) >= 11 is 0. The van der Waals surface area contributed by atoms with Gasteiger partial charge in [0.15, 0.2) is 0 Å². The van der Waals surface area contributed by atoms with Gasteiger partial charge in [-0.15, -0.1) is 0 Å². The predicted octanol–water partition coefficient (Wildman–Crippen LogP) is 0.967. The van der Waals surface area contributed by atoms with Gasteiger partial charge < -0.3 is 11.5 Å². The molecule has 0 atom stereocenters. The quantitative estimate of drug-likeness (QED) is 0.760. The van der Waals surface area contributed by atoms with E-state index in [1.54, 1.807) is 0 Å². The van der Waals surface area contributed by atoms with Crippen LogP contribution in [0.1, 0.15) is 11.1 Å². The topological polar surface area (TPSA) is 52.0 Å².